The standard InChI is InChI=1S/C24H29BrN2O2/c1-27(2,23-12-14-29-15-13-23)18-21-8-6-20(7-9-21)17-26-24(28)11-10-19-4-3-5-22(25)16-19/h3-11,16,23H,12-15,17-18H2,1-2H3/p+1/b11-10+. The zero-order valence-corrected chi connectivity index (χ0v) is 18.8. The van der Waals surface area contributed by atoms with Crippen LogP contribution in [0.25, 0.3) is 6.08 Å². The predicted octanol–water partition coefficient (Wildman–Crippen LogP) is 4.53. The molecular weight excluding hydrogens is 428 g/mol. The van der Waals surface area contributed by atoms with Gasteiger partial charge >= 0.3 is 0 Å². The Labute approximate surface area is 182 Å². The van der Waals surface area contributed by atoms with E-state index < -0.39 is 0 Å². The molecule has 0 atom stereocenters. The van der Waals surface area contributed by atoms with Gasteiger partial charge in [0.05, 0.1) is 33.4 Å². The third-order valence-electron chi connectivity index (χ3n) is 5.53. The molecule has 1 aliphatic rings. The van der Waals surface area contributed by atoms with Crippen LogP contribution >= 0.6 is 15.9 Å². The lowest BCUT2D eigenvalue weighted by Crippen LogP contribution is -2.50. The van der Waals surface area contributed by atoms with Crippen molar-refractivity contribution < 1.29 is 14.0 Å². The van der Waals surface area contributed by atoms with Crippen molar-refractivity contribution in [1.29, 1.82) is 0 Å². The SMILES string of the molecule is C[N+](C)(Cc1ccc(CNC(=O)/C=C/c2cccc(Br)c2)cc1)C1CCOCC1. The maximum Gasteiger partial charge on any atom is 0.244 e. The first-order chi connectivity index (χ1) is 13.9. The molecule has 1 fully saturated rings. The van der Waals surface area contributed by atoms with Crippen LogP contribution in [0, 0.1) is 0 Å². The second-order valence-electron chi connectivity index (χ2n) is 8.20. The Morgan fingerprint density at radius 1 is 1.14 bits per heavy atom. The van der Waals surface area contributed by atoms with Gasteiger partial charge in [-0.3, -0.25) is 4.79 Å². The lowest BCUT2D eigenvalue weighted by atomic mass is 10.0. The fourth-order valence-corrected chi connectivity index (χ4v) is 4.19. The molecule has 5 heteroatoms. The molecular formula is C24H30BrN2O2+. The van der Waals surface area contributed by atoms with E-state index in [1.807, 2.05) is 30.3 Å². The molecule has 1 saturated heterocycles. The number of hydrogen-bond donors (Lipinski definition) is 1. The quantitative estimate of drug-likeness (QED) is 0.489. The normalized spacial score (nSPS) is 15.6. The summed E-state index contributed by atoms with van der Waals surface area (Å²) in [5.41, 5.74) is 3.42. The van der Waals surface area contributed by atoms with Gasteiger partial charge in [-0.05, 0) is 29.3 Å². The van der Waals surface area contributed by atoms with Crippen molar-refractivity contribution in [3.8, 4) is 0 Å². The first-order valence-electron chi connectivity index (χ1n) is 10.1. The molecule has 0 radical (unpaired) electrons. The molecule has 3 rings (SSSR count). The Morgan fingerprint density at radius 2 is 1.83 bits per heavy atom. The van der Waals surface area contributed by atoms with Gasteiger partial charge in [0, 0.05) is 35.5 Å². The maximum atomic E-state index is 12.1. The molecule has 1 aliphatic heterocycles. The number of carbonyl (C=O) groups excluding carboxylic acids is 1. The number of rotatable bonds is 7. The van der Waals surface area contributed by atoms with E-state index in [1.165, 1.54) is 5.56 Å². The van der Waals surface area contributed by atoms with E-state index in [-0.39, 0.29) is 5.91 Å². The van der Waals surface area contributed by atoms with Crippen molar-refractivity contribution in [2.75, 3.05) is 27.3 Å². The van der Waals surface area contributed by atoms with Gasteiger partial charge < -0.3 is 14.5 Å². The molecule has 4 nitrogen and oxygen atoms in total. The molecule has 154 valence electrons. The van der Waals surface area contributed by atoms with Gasteiger partial charge in [0.2, 0.25) is 5.91 Å². The Morgan fingerprint density at radius 3 is 2.52 bits per heavy atom. The van der Waals surface area contributed by atoms with Crippen molar-refractivity contribution in [2.24, 2.45) is 0 Å². The predicted molar refractivity (Wildman–Crippen MR) is 121 cm³/mol. The van der Waals surface area contributed by atoms with Crippen molar-refractivity contribution in [2.45, 2.75) is 32.0 Å². The second kappa shape index (κ2) is 10.2. The summed E-state index contributed by atoms with van der Waals surface area (Å²) in [6, 6.07) is 17.1. The van der Waals surface area contributed by atoms with E-state index in [4.69, 9.17) is 4.74 Å². The van der Waals surface area contributed by atoms with Crippen molar-refractivity contribution >= 4 is 27.9 Å². The topological polar surface area (TPSA) is 38.3 Å². The fourth-order valence-electron chi connectivity index (χ4n) is 3.78. The number of amides is 1. The van der Waals surface area contributed by atoms with Crippen LogP contribution in [0.4, 0.5) is 0 Å². The van der Waals surface area contributed by atoms with Crippen molar-refractivity contribution in [3.63, 3.8) is 0 Å². The number of nitrogens with one attached hydrogen (secondary N) is 1. The van der Waals surface area contributed by atoms with Crippen LogP contribution in [0.2, 0.25) is 0 Å². The molecule has 2 aromatic carbocycles. The fraction of sp³-hybridized carbons (Fsp3) is 0.375. The Balaban J connectivity index is 1.49. The van der Waals surface area contributed by atoms with Crippen LogP contribution < -0.4 is 5.32 Å². The summed E-state index contributed by atoms with van der Waals surface area (Å²) in [4.78, 5) is 12.1. The number of halogens is 1. The minimum atomic E-state index is -0.0913. The first kappa shape index (κ1) is 21.8. The number of benzene rings is 2. The summed E-state index contributed by atoms with van der Waals surface area (Å²) >= 11 is 3.44. The molecule has 0 unspecified atom stereocenters. The molecule has 1 heterocycles. The minimum Gasteiger partial charge on any atom is -0.381 e. The van der Waals surface area contributed by atoms with E-state index in [2.05, 4.69) is 59.6 Å². The number of carbonyl (C=O) groups is 1. The van der Waals surface area contributed by atoms with E-state index in [9.17, 15) is 4.79 Å². The van der Waals surface area contributed by atoms with Gasteiger partial charge in [0.1, 0.15) is 6.54 Å². The molecule has 0 saturated carbocycles. The zero-order valence-electron chi connectivity index (χ0n) is 17.2. The van der Waals surface area contributed by atoms with Gasteiger partial charge in [-0.1, -0.05) is 52.3 Å². The number of nitrogens with zero attached hydrogens (tertiary/aromatic N) is 1. The first-order valence-corrected chi connectivity index (χ1v) is 10.9. The largest absolute Gasteiger partial charge is 0.381 e. The molecule has 0 aliphatic carbocycles. The average Bonchev–Trinajstić information content (AvgIpc) is 2.72. The van der Waals surface area contributed by atoms with Crippen molar-refractivity contribution in [3.05, 3.63) is 75.8 Å². The molecule has 1 amide bonds. The lowest BCUT2D eigenvalue weighted by molar-refractivity contribution is -0.929. The highest BCUT2D eigenvalue weighted by molar-refractivity contribution is 9.10. The van der Waals surface area contributed by atoms with E-state index >= 15 is 0 Å². The zero-order chi connectivity index (χ0) is 20.7. The van der Waals surface area contributed by atoms with E-state index in [0.717, 1.165) is 52.7 Å². The lowest BCUT2D eigenvalue weighted by Gasteiger charge is -2.40. The van der Waals surface area contributed by atoms with Crippen LogP contribution in [-0.2, 0) is 22.6 Å². The van der Waals surface area contributed by atoms with Gasteiger partial charge in [-0.15, -0.1) is 0 Å². The minimum absolute atomic E-state index is 0.0913. The summed E-state index contributed by atoms with van der Waals surface area (Å²) in [7, 11) is 4.61. The van der Waals surface area contributed by atoms with Crippen LogP contribution in [0.5, 0.6) is 0 Å². The number of hydrogen-bond acceptors (Lipinski definition) is 2. The number of ether oxygens (including phenoxy) is 1. The van der Waals surface area contributed by atoms with E-state index in [0.29, 0.717) is 12.6 Å². The highest BCUT2D eigenvalue weighted by Crippen LogP contribution is 2.22. The summed E-state index contributed by atoms with van der Waals surface area (Å²) in [5, 5.41) is 2.95. The molecule has 0 bridgehead atoms. The maximum absolute atomic E-state index is 12.1. The third-order valence-corrected chi connectivity index (χ3v) is 6.03. The second-order valence-corrected chi connectivity index (χ2v) is 9.12. The Hall–Kier alpha value is -1.95. The highest BCUT2D eigenvalue weighted by Gasteiger charge is 2.30. The molecule has 0 spiro atoms. The van der Waals surface area contributed by atoms with Gasteiger partial charge in [-0.2, -0.15) is 0 Å². The van der Waals surface area contributed by atoms with Crippen LogP contribution in [0.1, 0.15) is 29.5 Å². The Bertz CT molecular complexity index is 840. The molecule has 2 aromatic rings. The van der Waals surface area contributed by atoms with Gasteiger partial charge in [-0.25, -0.2) is 0 Å². The van der Waals surface area contributed by atoms with Crippen LogP contribution in [0.3, 0.4) is 0 Å². The van der Waals surface area contributed by atoms with Gasteiger partial charge in [0.15, 0.2) is 0 Å². The average molecular weight is 458 g/mol. The van der Waals surface area contributed by atoms with E-state index in [1.54, 1.807) is 6.08 Å². The molecule has 0 aromatic heterocycles. The highest BCUT2D eigenvalue weighted by atomic mass is 79.9. The van der Waals surface area contributed by atoms with Crippen LogP contribution in [-0.4, -0.2) is 43.7 Å². The third kappa shape index (κ3) is 6.81. The summed E-state index contributed by atoms with van der Waals surface area (Å²) in [6.45, 7) is 3.29. The summed E-state index contributed by atoms with van der Waals surface area (Å²) in [5.74, 6) is -0.0913. The number of quaternary nitrogens is 1. The smallest absolute Gasteiger partial charge is 0.244 e. The van der Waals surface area contributed by atoms with Crippen molar-refractivity contribution in [1.82, 2.24) is 5.32 Å². The monoisotopic (exact) mass is 457 g/mol. The summed E-state index contributed by atoms with van der Waals surface area (Å²) < 4.78 is 7.49. The van der Waals surface area contributed by atoms with Crippen LogP contribution in [0.15, 0.2) is 59.1 Å². The molecule has 1 N–H and O–H groups in total. The summed E-state index contributed by atoms with van der Waals surface area (Å²) in [6.07, 6.45) is 5.65. The van der Waals surface area contributed by atoms with Gasteiger partial charge in [0.25, 0.3) is 0 Å². The molecule has 29 heavy (non-hydrogen) atoms. The Kier molecular flexibility index (Phi) is 7.64.